The molecule has 0 unspecified atom stereocenters. The molecule has 0 aliphatic carbocycles. The fraction of sp³-hybridized carbons (Fsp3) is 0.190. The van der Waals surface area contributed by atoms with E-state index in [9.17, 15) is 9.18 Å². The summed E-state index contributed by atoms with van der Waals surface area (Å²) in [6.07, 6.45) is 0. The van der Waals surface area contributed by atoms with Crippen molar-refractivity contribution < 1.29 is 13.6 Å². The molecule has 0 atom stereocenters. The van der Waals surface area contributed by atoms with Gasteiger partial charge in [-0.25, -0.2) is 4.39 Å². The van der Waals surface area contributed by atoms with E-state index in [1.165, 1.54) is 28.8 Å². The average molecular weight is 428 g/mol. The lowest BCUT2D eigenvalue weighted by Crippen LogP contribution is -2.07. The third kappa shape index (κ3) is 4.33. The zero-order valence-electron chi connectivity index (χ0n) is 15.9. The summed E-state index contributed by atoms with van der Waals surface area (Å²) >= 11 is 2.90. The van der Waals surface area contributed by atoms with Gasteiger partial charge in [-0.1, -0.05) is 17.8 Å². The van der Waals surface area contributed by atoms with Crippen LogP contribution in [0, 0.1) is 19.7 Å². The topological polar surface area (TPSA) is 60.9 Å². The molecule has 3 aromatic heterocycles. The standard InChI is InChI=1S/C21H18FN3O2S2/c1-13-10-18(14(2)25(13)11-17-4-3-9-28-17)19(26)12-29-21-24-23-20(27-21)15-5-7-16(22)8-6-15/h3-10H,11-12H2,1-2H3. The molecule has 4 rings (SSSR count). The molecule has 5 nitrogen and oxygen atoms in total. The number of Topliss-reactive ketones (excluding diaryl/α,β-unsaturated/α-hetero) is 1. The molecule has 4 aromatic rings. The molecule has 0 aliphatic rings. The minimum Gasteiger partial charge on any atom is -0.411 e. The molecule has 0 saturated heterocycles. The van der Waals surface area contributed by atoms with E-state index < -0.39 is 0 Å². The van der Waals surface area contributed by atoms with Crippen LogP contribution in [0.5, 0.6) is 0 Å². The van der Waals surface area contributed by atoms with E-state index in [2.05, 4.69) is 26.2 Å². The normalized spacial score (nSPS) is 11.1. The van der Waals surface area contributed by atoms with E-state index in [1.54, 1.807) is 23.5 Å². The van der Waals surface area contributed by atoms with Crippen molar-refractivity contribution in [1.29, 1.82) is 0 Å². The second-order valence-corrected chi connectivity index (χ2v) is 8.50. The first-order valence-electron chi connectivity index (χ1n) is 8.96. The third-order valence-corrected chi connectivity index (χ3v) is 6.27. The molecule has 0 radical (unpaired) electrons. The van der Waals surface area contributed by atoms with Gasteiger partial charge < -0.3 is 8.98 Å². The van der Waals surface area contributed by atoms with Crippen molar-refractivity contribution in [2.24, 2.45) is 0 Å². The number of hydrogen-bond acceptors (Lipinski definition) is 6. The molecule has 0 aliphatic heterocycles. The van der Waals surface area contributed by atoms with E-state index in [0.29, 0.717) is 22.2 Å². The molecule has 0 spiro atoms. The molecule has 0 amide bonds. The molecule has 0 bridgehead atoms. The summed E-state index contributed by atoms with van der Waals surface area (Å²) in [5.74, 6) is 0.190. The van der Waals surface area contributed by atoms with Crippen molar-refractivity contribution >= 4 is 28.9 Å². The predicted octanol–water partition coefficient (Wildman–Crippen LogP) is 5.38. The molecule has 3 heterocycles. The number of carbonyl (C=O) groups excluding carboxylic acids is 1. The minimum atomic E-state index is -0.329. The summed E-state index contributed by atoms with van der Waals surface area (Å²) in [6, 6.07) is 11.9. The molecule has 29 heavy (non-hydrogen) atoms. The van der Waals surface area contributed by atoms with E-state index in [0.717, 1.165) is 17.9 Å². The highest BCUT2D eigenvalue weighted by atomic mass is 32.2. The van der Waals surface area contributed by atoms with Crippen LogP contribution in [0.15, 0.2) is 57.5 Å². The third-order valence-electron chi connectivity index (χ3n) is 4.59. The predicted molar refractivity (Wildman–Crippen MR) is 112 cm³/mol. The van der Waals surface area contributed by atoms with E-state index in [-0.39, 0.29) is 17.4 Å². The first-order chi connectivity index (χ1) is 14.0. The van der Waals surface area contributed by atoms with Crippen molar-refractivity contribution in [3.8, 4) is 11.5 Å². The number of aryl methyl sites for hydroxylation is 1. The van der Waals surface area contributed by atoms with E-state index in [4.69, 9.17) is 4.42 Å². The van der Waals surface area contributed by atoms with Crippen LogP contribution in [-0.4, -0.2) is 26.3 Å². The van der Waals surface area contributed by atoms with Crippen LogP contribution in [0.4, 0.5) is 4.39 Å². The van der Waals surface area contributed by atoms with Gasteiger partial charge in [-0.2, -0.15) is 0 Å². The minimum absolute atomic E-state index is 0.0158. The van der Waals surface area contributed by atoms with Crippen LogP contribution in [-0.2, 0) is 6.54 Å². The van der Waals surface area contributed by atoms with Crippen LogP contribution in [0.1, 0.15) is 26.6 Å². The van der Waals surface area contributed by atoms with Gasteiger partial charge in [0, 0.05) is 27.4 Å². The number of nitrogens with zero attached hydrogens (tertiary/aromatic N) is 3. The Morgan fingerprint density at radius 2 is 2.00 bits per heavy atom. The van der Waals surface area contributed by atoms with Crippen molar-refractivity contribution in [2.45, 2.75) is 25.6 Å². The summed E-state index contributed by atoms with van der Waals surface area (Å²) in [7, 11) is 0. The van der Waals surface area contributed by atoms with Gasteiger partial charge in [-0.15, -0.1) is 21.5 Å². The summed E-state index contributed by atoms with van der Waals surface area (Å²) in [5, 5.41) is 10.3. The number of thioether (sulfide) groups is 1. The molecule has 8 heteroatoms. The number of hydrogen-bond donors (Lipinski definition) is 0. The van der Waals surface area contributed by atoms with Gasteiger partial charge in [-0.05, 0) is 55.6 Å². The lowest BCUT2D eigenvalue weighted by molar-refractivity contribution is 0.102. The summed E-state index contributed by atoms with van der Waals surface area (Å²) in [4.78, 5) is 14.0. The van der Waals surface area contributed by atoms with Gasteiger partial charge in [0.15, 0.2) is 5.78 Å². The Bertz CT molecular complexity index is 1130. The fourth-order valence-corrected chi connectivity index (χ4v) is 4.41. The quantitative estimate of drug-likeness (QED) is 0.293. The van der Waals surface area contributed by atoms with Crippen molar-refractivity contribution in [3.63, 3.8) is 0 Å². The number of rotatable bonds is 7. The lowest BCUT2D eigenvalue weighted by atomic mass is 10.2. The summed E-state index contributed by atoms with van der Waals surface area (Å²) < 4.78 is 20.8. The smallest absolute Gasteiger partial charge is 0.277 e. The Hall–Kier alpha value is -2.71. The van der Waals surface area contributed by atoms with E-state index >= 15 is 0 Å². The molecule has 0 fully saturated rings. The maximum absolute atomic E-state index is 13.0. The highest BCUT2D eigenvalue weighted by Gasteiger charge is 2.18. The molecule has 148 valence electrons. The average Bonchev–Trinajstić information content (AvgIpc) is 3.45. The van der Waals surface area contributed by atoms with Crippen molar-refractivity contribution in [2.75, 3.05) is 5.75 Å². The molecule has 0 saturated carbocycles. The van der Waals surface area contributed by atoms with Crippen LogP contribution in [0.2, 0.25) is 0 Å². The Balaban J connectivity index is 1.43. The Labute approximate surface area is 175 Å². The summed E-state index contributed by atoms with van der Waals surface area (Å²) in [5.41, 5.74) is 3.36. The van der Waals surface area contributed by atoms with Crippen LogP contribution >= 0.6 is 23.1 Å². The lowest BCUT2D eigenvalue weighted by Gasteiger charge is -2.08. The summed E-state index contributed by atoms with van der Waals surface area (Å²) in [6.45, 7) is 4.75. The molecule has 0 N–H and O–H groups in total. The van der Waals surface area contributed by atoms with Crippen molar-refractivity contribution in [1.82, 2.24) is 14.8 Å². The number of thiophene rings is 1. The highest BCUT2D eigenvalue weighted by molar-refractivity contribution is 7.99. The zero-order chi connectivity index (χ0) is 20.4. The monoisotopic (exact) mass is 427 g/mol. The Kier molecular flexibility index (Phi) is 5.64. The first kappa shape index (κ1) is 19.6. The van der Waals surface area contributed by atoms with Gasteiger partial charge in [0.2, 0.25) is 5.89 Å². The number of aromatic nitrogens is 3. The number of ketones is 1. The maximum atomic E-state index is 13.0. The largest absolute Gasteiger partial charge is 0.411 e. The van der Waals surface area contributed by atoms with Crippen LogP contribution in [0.3, 0.4) is 0 Å². The van der Waals surface area contributed by atoms with Crippen molar-refractivity contribution in [3.05, 3.63) is 75.5 Å². The van der Waals surface area contributed by atoms with Gasteiger partial charge >= 0.3 is 0 Å². The van der Waals surface area contributed by atoms with E-state index in [1.807, 2.05) is 26.0 Å². The van der Waals surface area contributed by atoms with Gasteiger partial charge in [-0.3, -0.25) is 4.79 Å². The van der Waals surface area contributed by atoms with Gasteiger partial charge in [0.25, 0.3) is 5.22 Å². The maximum Gasteiger partial charge on any atom is 0.277 e. The second kappa shape index (κ2) is 8.34. The number of benzene rings is 1. The molecular weight excluding hydrogens is 409 g/mol. The fourth-order valence-electron chi connectivity index (χ4n) is 3.07. The first-order valence-corrected chi connectivity index (χ1v) is 10.8. The van der Waals surface area contributed by atoms with Gasteiger partial charge in [0.05, 0.1) is 12.3 Å². The number of carbonyl (C=O) groups is 1. The SMILES string of the molecule is Cc1cc(C(=O)CSc2nnc(-c3ccc(F)cc3)o2)c(C)n1Cc1cccs1. The molecular formula is C21H18FN3O2S2. The number of halogens is 1. The highest BCUT2D eigenvalue weighted by Crippen LogP contribution is 2.25. The van der Waals surface area contributed by atoms with Crippen LogP contribution in [0.25, 0.3) is 11.5 Å². The molecule has 1 aromatic carbocycles. The van der Waals surface area contributed by atoms with Crippen LogP contribution < -0.4 is 0 Å². The Morgan fingerprint density at radius 1 is 1.21 bits per heavy atom. The zero-order valence-corrected chi connectivity index (χ0v) is 17.5. The Morgan fingerprint density at radius 3 is 2.72 bits per heavy atom. The van der Waals surface area contributed by atoms with Gasteiger partial charge in [0.1, 0.15) is 5.82 Å². The second-order valence-electron chi connectivity index (χ2n) is 6.54.